The number of amides is 1. The normalized spacial score (nSPS) is 10.7. The van der Waals surface area contributed by atoms with Gasteiger partial charge in [-0.05, 0) is 68.4 Å². The Hall–Kier alpha value is -3.28. The fourth-order valence-electron chi connectivity index (χ4n) is 2.50. The highest BCUT2D eigenvalue weighted by Crippen LogP contribution is 2.17. The molecule has 5 nitrogen and oxygen atoms in total. The molecular weight excluding hydrogens is 345 g/mol. The number of ether oxygens (including phenoxy) is 1. The summed E-state index contributed by atoms with van der Waals surface area (Å²) in [4.78, 5) is 20.7. The average Bonchev–Trinajstić information content (AvgIpc) is 2.67. The number of nitrogens with zero attached hydrogens (tertiary/aromatic N) is 2. The van der Waals surface area contributed by atoms with Gasteiger partial charge in [-0.25, -0.2) is 14.4 Å². The van der Waals surface area contributed by atoms with Gasteiger partial charge in [0.2, 0.25) is 0 Å². The van der Waals surface area contributed by atoms with Gasteiger partial charge in [0.05, 0.1) is 24.0 Å². The second-order valence-corrected chi connectivity index (χ2v) is 6.28. The number of aromatic nitrogens is 2. The van der Waals surface area contributed by atoms with Crippen molar-refractivity contribution in [3.05, 3.63) is 78.0 Å². The van der Waals surface area contributed by atoms with Crippen molar-refractivity contribution < 1.29 is 13.9 Å². The molecule has 0 radical (unpaired) electrons. The van der Waals surface area contributed by atoms with E-state index in [0.717, 1.165) is 11.3 Å². The highest BCUT2D eigenvalue weighted by atomic mass is 19.1. The second-order valence-electron chi connectivity index (χ2n) is 6.28. The number of carbonyl (C=O) groups is 1. The molecule has 3 rings (SSSR count). The Morgan fingerprint density at radius 3 is 2.44 bits per heavy atom. The minimum absolute atomic E-state index is 0.0812. The molecule has 0 bridgehead atoms. The zero-order chi connectivity index (χ0) is 19.2. The highest BCUT2D eigenvalue weighted by molar-refractivity contribution is 5.94. The molecule has 0 aliphatic carbocycles. The molecule has 1 amide bonds. The highest BCUT2D eigenvalue weighted by Gasteiger charge is 2.08. The first kappa shape index (κ1) is 18.5. The molecule has 0 atom stereocenters. The van der Waals surface area contributed by atoms with Crippen molar-refractivity contribution in [2.75, 3.05) is 0 Å². The van der Waals surface area contributed by atoms with Gasteiger partial charge in [-0.15, -0.1) is 0 Å². The van der Waals surface area contributed by atoms with E-state index in [4.69, 9.17) is 4.74 Å². The van der Waals surface area contributed by atoms with Crippen LogP contribution < -0.4 is 10.1 Å². The Bertz CT molecular complexity index is 909. The van der Waals surface area contributed by atoms with E-state index in [2.05, 4.69) is 15.3 Å². The fraction of sp³-hybridized carbons (Fsp3) is 0.190. The molecule has 0 aliphatic rings. The van der Waals surface area contributed by atoms with Crippen molar-refractivity contribution in [1.29, 1.82) is 0 Å². The SMILES string of the molecule is CC(C)Oc1ccc(C(=O)NCc2cc(-c3ccc(F)cc3)ncn2)cc1. The first-order valence-corrected chi connectivity index (χ1v) is 8.63. The lowest BCUT2D eigenvalue weighted by molar-refractivity contribution is 0.0950. The monoisotopic (exact) mass is 365 g/mol. The largest absolute Gasteiger partial charge is 0.491 e. The molecule has 0 unspecified atom stereocenters. The van der Waals surface area contributed by atoms with E-state index in [0.29, 0.717) is 17.0 Å². The predicted molar refractivity (Wildman–Crippen MR) is 101 cm³/mol. The van der Waals surface area contributed by atoms with E-state index in [9.17, 15) is 9.18 Å². The minimum Gasteiger partial charge on any atom is -0.491 e. The summed E-state index contributed by atoms with van der Waals surface area (Å²) in [7, 11) is 0. The number of rotatable bonds is 6. The first-order valence-electron chi connectivity index (χ1n) is 8.63. The third-order valence-electron chi connectivity index (χ3n) is 3.78. The number of hydrogen-bond donors (Lipinski definition) is 1. The number of benzene rings is 2. The van der Waals surface area contributed by atoms with Crippen LogP contribution in [0.25, 0.3) is 11.3 Å². The third kappa shape index (κ3) is 5.10. The van der Waals surface area contributed by atoms with Crippen molar-refractivity contribution in [2.24, 2.45) is 0 Å². The summed E-state index contributed by atoms with van der Waals surface area (Å²) in [5, 5.41) is 2.83. The maximum absolute atomic E-state index is 13.1. The first-order chi connectivity index (χ1) is 13.0. The lowest BCUT2D eigenvalue weighted by atomic mass is 10.1. The van der Waals surface area contributed by atoms with Gasteiger partial charge in [0.25, 0.3) is 5.91 Å². The third-order valence-corrected chi connectivity index (χ3v) is 3.78. The molecule has 6 heteroatoms. The van der Waals surface area contributed by atoms with Crippen LogP contribution in [0, 0.1) is 5.82 Å². The van der Waals surface area contributed by atoms with E-state index < -0.39 is 0 Å². The molecule has 0 fully saturated rings. The standard InChI is InChI=1S/C21H20FN3O2/c1-14(2)27-19-9-5-16(6-10-19)21(26)23-12-18-11-20(25-13-24-18)15-3-7-17(22)8-4-15/h3-11,13-14H,12H2,1-2H3,(H,23,26). The Kier molecular flexibility index (Phi) is 5.76. The van der Waals surface area contributed by atoms with E-state index >= 15 is 0 Å². The summed E-state index contributed by atoms with van der Waals surface area (Å²) in [6.45, 7) is 4.16. The van der Waals surface area contributed by atoms with E-state index in [-0.39, 0.29) is 24.4 Å². The summed E-state index contributed by atoms with van der Waals surface area (Å²) < 4.78 is 18.6. The number of hydrogen-bond acceptors (Lipinski definition) is 4. The molecule has 3 aromatic rings. The lowest BCUT2D eigenvalue weighted by Crippen LogP contribution is -2.23. The summed E-state index contributed by atoms with van der Waals surface area (Å²) >= 11 is 0. The number of carbonyl (C=O) groups excluding carboxylic acids is 1. The smallest absolute Gasteiger partial charge is 0.251 e. The molecule has 138 valence electrons. The molecule has 0 saturated carbocycles. The maximum atomic E-state index is 13.1. The number of halogens is 1. The average molecular weight is 365 g/mol. The Labute approximate surface area is 157 Å². The Morgan fingerprint density at radius 2 is 1.78 bits per heavy atom. The summed E-state index contributed by atoms with van der Waals surface area (Å²) in [6, 6.07) is 14.8. The van der Waals surface area contributed by atoms with Gasteiger partial charge in [0, 0.05) is 11.1 Å². The van der Waals surface area contributed by atoms with Crippen LogP contribution in [0.5, 0.6) is 5.75 Å². The van der Waals surface area contributed by atoms with Gasteiger partial charge in [0.1, 0.15) is 17.9 Å². The van der Waals surface area contributed by atoms with Crippen molar-refractivity contribution in [1.82, 2.24) is 15.3 Å². The molecule has 1 N–H and O–H groups in total. The van der Waals surface area contributed by atoms with Crippen LogP contribution in [0.1, 0.15) is 29.9 Å². The van der Waals surface area contributed by atoms with Crippen LogP contribution in [0.4, 0.5) is 4.39 Å². The Balaban J connectivity index is 1.63. The van der Waals surface area contributed by atoms with Crippen LogP contribution in [0.2, 0.25) is 0 Å². The van der Waals surface area contributed by atoms with Crippen LogP contribution >= 0.6 is 0 Å². The topological polar surface area (TPSA) is 64.1 Å². The van der Waals surface area contributed by atoms with Crippen molar-refractivity contribution in [2.45, 2.75) is 26.5 Å². The summed E-state index contributed by atoms with van der Waals surface area (Å²) in [6.07, 6.45) is 1.51. The Morgan fingerprint density at radius 1 is 1.07 bits per heavy atom. The van der Waals surface area contributed by atoms with Crippen LogP contribution in [-0.4, -0.2) is 22.0 Å². The molecule has 1 heterocycles. The van der Waals surface area contributed by atoms with Gasteiger partial charge in [0.15, 0.2) is 0 Å². The minimum atomic E-state index is -0.301. The molecule has 27 heavy (non-hydrogen) atoms. The molecule has 0 aliphatic heterocycles. The molecule has 2 aromatic carbocycles. The van der Waals surface area contributed by atoms with Crippen LogP contribution in [-0.2, 0) is 6.54 Å². The fourth-order valence-corrected chi connectivity index (χ4v) is 2.50. The van der Waals surface area contributed by atoms with Crippen molar-refractivity contribution >= 4 is 5.91 Å². The van der Waals surface area contributed by atoms with Gasteiger partial charge in [-0.1, -0.05) is 0 Å². The zero-order valence-electron chi connectivity index (χ0n) is 15.1. The lowest BCUT2D eigenvalue weighted by Gasteiger charge is -2.10. The summed E-state index contributed by atoms with van der Waals surface area (Å²) in [5.41, 5.74) is 2.66. The quantitative estimate of drug-likeness (QED) is 0.717. The molecular formula is C21H20FN3O2. The second kappa shape index (κ2) is 8.40. The molecule has 0 saturated heterocycles. The predicted octanol–water partition coefficient (Wildman–Crippen LogP) is 4.00. The maximum Gasteiger partial charge on any atom is 0.251 e. The number of nitrogens with one attached hydrogen (secondary N) is 1. The zero-order valence-corrected chi connectivity index (χ0v) is 15.1. The van der Waals surface area contributed by atoms with Crippen molar-refractivity contribution in [3.8, 4) is 17.0 Å². The van der Waals surface area contributed by atoms with Crippen molar-refractivity contribution in [3.63, 3.8) is 0 Å². The molecule has 0 spiro atoms. The van der Waals surface area contributed by atoms with Crippen LogP contribution in [0.15, 0.2) is 60.9 Å². The van der Waals surface area contributed by atoms with E-state index in [1.807, 2.05) is 13.8 Å². The van der Waals surface area contributed by atoms with E-state index in [1.54, 1.807) is 42.5 Å². The van der Waals surface area contributed by atoms with Gasteiger partial charge in [-0.2, -0.15) is 0 Å². The van der Waals surface area contributed by atoms with Gasteiger partial charge in [-0.3, -0.25) is 4.79 Å². The molecule has 1 aromatic heterocycles. The van der Waals surface area contributed by atoms with E-state index in [1.165, 1.54) is 18.5 Å². The van der Waals surface area contributed by atoms with Gasteiger partial charge >= 0.3 is 0 Å². The summed E-state index contributed by atoms with van der Waals surface area (Å²) in [5.74, 6) is 0.222. The van der Waals surface area contributed by atoms with Gasteiger partial charge < -0.3 is 10.1 Å². The van der Waals surface area contributed by atoms with Crippen LogP contribution in [0.3, 0.4) is 0 Å².